The second-order valence-corrected chi connectivity index (χ2v) is 2.69. The molecule has 0 saturated heterocycles. The third-order valence-corrected chi connectivity index (χ3v) is 1.57. The molecule has 0 aromatic heterocycles. The zero-order valence-electron chi connectivity index (χ0n) is 6.91. The Labute approximate surface area is 77.3 Å². The molecule has 0 unspecified atom stereocenters. The quantitative estimate of drug-likeness (QED) is 0.549. The van der Waals surface area contributed by atoms with Crippen LogP contribution < -0.4 is 0 Å². The van der Waals surface area contributed by atoms with Gasteiger partial charge in [0.25, 0.3) is 0 Å². The van der Waals surface area contributed by atoms with Gasteiger partial charge in [0.15, 0.2) is 0 Å². The molecule has 0 atom stereocenters. The first kappa shape index (κ1) is 10.5. The summed E-state index contributed by atoms with van der Waals surface area (Å²) in [6.07, 6.45) is -4.45. The predicted octanol–water partition coefficient (Wildman–Crippen LogP) is 2.48. The molecule has 0 bridgehead atoms. The SMILES string of the molecule is O=[N+]([O-])Cc1cccc(C(F)(F)F)c1. The van der Waals surface area contributed by atoms with Crippen molar-refractivity contribution in [3.8, 4) is 0 Å². The van der Waals surface area contributed by atoms with E-state index in [1.807, 2.05) is 0 Å². The van der Waals surface area contributed by atoms with E-state index < -0.39 is 23.2 Å². The molecule has 76 valence electrons. The molecule has 0 radical (unpaired) electrons. The lowest BCUT2D eigenvalue weighted by atomic mass is 10.1. The maximum Gasteiger partial charge on any atom is 0.416 e. The molecule has 0 spiro atoms. The van der Waals surface area contributed by atoms with E-state index in [0.717, 1.165) is 18.2 Å². The average Bonchev–Trinajstić information content (AvgIpc) is 2.01. The maximum absolute atomic E-state index is 12.1. The lowest BCUT2D eigenvalue weighted by Crippen LogP contribution is -2.06. The van der Waals surface area contributed by atoms with Crippen molar-refractivity contribution in [3.63, 3.8) is 0 Å². The fraction of sp³-hybridized carbons (Fsp3) is 0.250. The second-order valence-electron chi connectivity index (χ2n) is 2.69. The standard InChI is InChI=1S/C8H6F3NO2/c9-8(10,11)7-3-1-2-6(4-7)5-12(13)14/h1-4H,5H2. The Morgan fingerprint density at radius 2 is 2.00 bits per heavy atom. The first-order valence-corrected chi connectivity index (χ1v) is 3.67. The first-order valence-electron chi connectivity index (χ1n) is 3.67. The van der Waals surface area contributed by atoms with Gasteiger partial charge in [0.1, 0.15) is 0 Å². The Morgan fingerprint density at radius 1 is 1.36 bits per heavy atom. The fourth-order valence-electron chi connectivity index (χ4n) is 0.995. The summed E-state index contributed by atoms with van der Waals surface area (Å²) in [7, 11) is 0. The molecule has 0 fully saturated rings. The topological polar surface area (TPSA) is 43.1 Å². The van der Waals surface area contributed by atoms with E-state index in [4.69, 9.17) is 0 Å². The summed E-state index contributed by atoms with van der Waals surface area (Å²) >= 11 is 0. The number of hydrogen-bond acceptors (Lipinski definition) is 2. The molecule has 0 amide bonds. The number of rotatable bonds is 2. The van der Waals surface area contributed by atoms with Crippen molar-refractivity contribution in [2.45, 2.75) is 12.7 Å². The van der Waals surface area contributed by atoms with Gasteiger partial charge in [-0.25, -0.2) is 0 Å². The molecule has 0 N–H and O–H groups in total. The molecule has 0 aliphatic rings. The van der Waals surface area contributed by atoms with Gasteiger partial charge < -0.3 is 0 Å². The molecule has 14 heavy (non-hydrogen) atoms. The normalized spacial score (nSPS) is 11.4. The van der Waals surface area contributed by atoms with Crippen LogP contribution in [0.25, 0.3) is 0 Å². The van der Waals surface area contributed by atoms with Gasteiger partial charge in [-0.2, -0.15) is 13.2 Å². The predicted molar refractivity (Wildman–Crippen MR) is 42.1 cm³/mol. The number of alkyl halides is 3. The number of nitro groups is 1. The van der Waals surface area contributed by atoms with Crippen molar-refractivity contribution in [3.05, 3.63) is 45.5 Å². The van der Waals surface area contributed by atoms with Crippen molar-refractivity contribution in [1.29, 1.82) is 0 Å². The van der Waals surface area contributed by atoms with Crippen LogP contribution in [0.4, 0.5) is 13.2 Å². The van der Waals surface area contributed by atoms with Crippen LogP contribution in [-0.4, -0.2) is 4.92 Å². The van der Waals surface area contributed by atoms with Gasteiger partial charge in [-0.1, -0.05) is 12.1 Å². The molecular formula is C8H6F3NO2. The number of halogens is 3. The Balaban J connectivity index is 2.95. The Bertz CT molecular complexity index is 349. The molecule has 6 heteroatoms. The molecule has 0 aliphatic carbocycles. The van der Waals surface area contributed by atoms with Gasteiger partial charge in [0, 0.05) is 10.5 Å². The molecule has 3 nitrogen and oxygen atoms in total. The summed E-state index contributed by atoms with van der Waals surface area (Å²) in [5.41, 5.74) is -0.818. The van der Waals surface area contributed by atoms with Crippen LogP contribution >= 0.6 is 0 Å². The third-order valence-electron chi connectivity index (χ3n) is 1.57. The van der Waals surface area contributed by atoms with Crippen molar-refractivity contribution < 1.29 is 18.1 Å². The Kier molecular flexibility index (Phi) is 2.73. The van der Waals surface area contributed by atoms with Crippen LogP contribution in [0.15, 0.2) is 24.3 Å². The highest BCUT2D eigenvalue weighted by molar-refractivity contribution is 5.24. The van der Waals surface area contributed by atoms with E-state index in [1.54, 1.807) is 0 Å². The van der Waals surface area contributed by atoms with Crippen LogP contribution in [0.5, 0.6) is 0 Å². The van der Waals surface area contributed by atoms with Crippen LogP contribution in [0.1, 0.15) is 11.1 Å². The average molecular weight is 205 g/mol. The summed E-state index contributed by atoms with van der Waals surface area (Å²) < 4.78 is 36.4. The minimum Gasteiger partial charge on any atom is -0.264 e. The highest BCUT2D eigenvalue weighted by atomic mass is 19.4. The highest BCUT2D eigenvalue weighted by Gasteiger charge is 2.30. The monoisotopic (exact) mass is 205 g/mol. The molecule has 1 aromatic rings. The van der Waals surface area contributed by atoms with E-state index in [1.165, 1.54) is 6.07 Å². The molecule has 1 rings (SSSR count). The van der Waals surface area contributed by atoms with E-state index in [9.17, 15) is 23.3 Å². The third kappa shape index (κ3) is 2.72. The lowest BCUT2D eigenvalue weighted by molar-refractivity contribution is -0.496. The maximum atomic E-state index is 12.1. The molecule has 1 aromatic carbocycles. The first-order chi connectivity index (χ1) is 6.39. The highest BCUT2D eigenvalue weighted by Crippen LogP contribution is 2.29. The largest absolute Gasteiger partial charge is 0.416 e. The molecule has 0 aliphatic heterocycles. The minimum absolute atomic E-state index is 0.0461. The summed E-state index contributed by atoms with van der Waals surface area (Å²) in [4.78, 5) is 9.38. The lowest BCUT2D eigenvalue weighted by Gasteiger charge is -2.06. The van der Waals surface area contributed by atoms with Crippen molar-refractivity contribution in [2.24, 2.45) is 0 Å². The summed E-state index contributed by atoms with van der Waals surface area (Å²) in [5, 5.41) is 10.1. The van der Waals surface area contributed by atoms with Crippen LogP contribution in [-0.2, 0) is 12.7 Å². The number of benzene rings is 1. The van der Waals surface area contributed by atoms with E-state index >= 15 is 0 Å². The summed E-state index contributed by atoms with van der Waals surface area (Å²) in [5.74, 6) is 0. The van der Waals surface area contributed by atoms with Gasteiger partial charge in [0.05, 0.1) is 5.56 Å². The Hall–Kier alpha value is -1.59. The van der Waals surface area contributed by atoms with Gasteiger partial charge in [-0.05, 0) is 12.1 Å². The molecule has 0 saturated carbocycles. The number of hydrogen-bond donors (Lipinski definition) is 0. The Morgan fingerprint density at radius 3 is 2.50 bits per heavy atom. The van der Waals surface area contributed by atoms with E-state index in [2.05, 4.69) is 0 Å². The van der Waals surface area contributed by atoms with Crippen molar-refractivity contribution in [2.75, 3.05) is 0 Å². The summed E-state index contributed by atoms with van der Waals surface area (Å²) in [6.45, 7) is -0.593. The number of nitrogens with zero attached hydrogens (tertiary/aromatic N) is 1. The van der Waals surface area contributed by atoms with Gasteiger partial charge in [-0.3, -0.25) is 10.1 Å². The second kappa shape index (κ2) is 3.65. The van der Waals surface area contributed by atoms with Crippen LogP contribution in [0.2, 0.25) is 0 Å². The zero-order valence-corrected chi connectivity index (χ0v) is 6.91. The van der Waals surface area contributed by atoms with E-state index in [0.29, 0.717) is 0 Å². The smallest absolute Gasteiger partial charge is 0.264 e. The fourth-order valence-corrected chi connectivity index (χ4v) is 0.995. The zero-order chi connectivity index (χ0) is 10.8. The minimum atomic E-state index is -4.45. The van der Waals surface area contributed by atoms with Crippen molar-refractivity contribution >= 4 is 0 Å². The molecule has 0 heterocycles. The van der Waals surface area contributed by atoms with Crippen molar-refractivity contribution in [1.82, 2.24) is 0 Å². The van der Waals surface area contributed by atoms with Crippen LogP contribution in [0, 0.1) is 10.1 Å². The van der Waals surface area contributed by atoms with Crippen LogP contribution in [0.3, 0.4) is 0 Å². The summed E-state index contributed by atoms with van der Waals surface area (Å²) in [6, 6.07) is 4.10. The van der Waals surface area contributed by atoms with Gasteiger partial charge in [-0.15, -0.1) is 0 Å². The van der Waals surface area contributed by atoms with Gasteiger partial charge in [0.2, 0.25) is 6.54 Å². The van der Waals surface area contributed by atoms with Gasteiger partial charge >= 0.3 is 6.18 Å². The molecular weight excluding hydrogens is 199 g/mol. The van der Waals surface area contributed by atoms with E-state index in [-0.39, 0.29) is 5.56 Å².